The molecule has 0 spiro atoms. The number of carbonyl (C=O) groups is 1. The molecule has 3 rings (SSSR count). The standard InChI is InChI=1S/C14H11ClN2O3S/c15-10-3-1-9(2-4-10)8-17-14(18)12-6-5-11(16)7-13(12)21(17,19)20/h1-7H,8,16H2. The molecule has 0 fully saturated rings. The first-order chi connectivity index (χ1) is 9.89. The van der Waals surface area contributed by atoms with Crippen LogP contribution in [0.2, 0.25) is 5.02 Å². The highest BCUT2D eigenvalue weighted by atomic mass is 35.5. The summed E-state index contributed by atoms with van der Waals surface area (Å²) in [6, 6.07) is 10.9. The average Bonchev–Trinajstić information content (AvgIpc) is 2.62. The summed E-state index contributed by atoms with van der Waals surface area (Å²) in [6.45, 7) is -0.0348. The molecule has 7 heteroatoms. The Hall–Kier alpha value is -2.05. The normalized spacial score (nSPS) is 16.0. The van der Waals surface area contributed by atoms with Crippen molar-refractivity contribution < 1.29 is 13.2 Å². The number of carbonyl (C=O) groups excluding carboxylic acids is 1. The maximum Gasteiger partial charge on any atom is 0.269 e. The van der Waals surface area contributed by atoms with Gasteiger partial charge in [0, 0.05) is 10.7 Å². The van der Waals surface area contributed by atoms with Crippen molar-refractivity contribution >= 4 is 33.2 Å². The molecule has 0 aromatic heterocycles. The third-order valence-electron chi connectivity index (χ3n) is 3.27. The highest BCUT2D eigenvalue weighted by Gasteiger charge is 2.41. The molecule has 1 amide bonds. The Morgan fingerprint density at radius 1 is 1.10 bits per heavy atom. The van der Waals surface area contributed by atoms with E-state index in [1.165, 1.54) is 18.2 Å². The number of rotatable bonds is 2. The smallest absolute Gasteiger partial charge is 0.269 e. The lowest BCUT2D eigenvalue weighted by molar-refractivity contribution is 0.0865. The van der Waals surface area contributed by atoms with E-state index in [0.717, 1.165) is 4.31 Å². The average molecular weight is 323 g/mol. The predicted octanol–water partition coefficient (Wildman–Crippen LogP) is 2.27. The fraction of sp³-hybridized carbons (Fsp3) is 0.0714. The number of sulfonamides is 1. The van der Waals surface area contributed by atoms with Gasteiger partial charge in [-0.15, -0.1) is 0 Å². The van der Waals surface area contributed by atoms with Gasteiger partial charge in [0.2, 0.25) is 0 Å². The number of hydrogen-bond donors (Lipinski definition) is 1. The first kappa shape index (κ1) is 13.9. The van der Waals surface area contributed by atoms with Gasteiger partial charge in [-0.3, -0.25) is 4.79 Å². The number of benzene rings is 2. The first-order valence-corrected chi connectivity index (χ1v) is 7.92. The van der Waals surface area contributed by atoms with Gasteiger partial charge in [-0.05, 0) is 35.9 Å². The zero-order valence-electron chi connectivity index (χ0n) is 10.8. The van der Waals surface area contributed by atoms with E-state index in [2.05, 4.69) is 0 Å². The Morgan fingerprint density at radius 2 is 1.76 bits per heavy atom. The highest BCUT2D eigenvalue weighted by Crippen LogP contribution is 2.32. The minimum atomic E-state index is -3.86. The van der Waals surface area contributed by atoms with Crippen molar-refractivity contribution in [2.45, 2.75) is 11.4 Å². The maximum atomic E-state index is 12.4. The highest BCUT2D eigenvalue weighted by molar-refractivity contribution is 7.90. The van der Waals surface area contributed by atoms with Crippen LogP contribution in [-0.4, -0.2) is 18.6 Å². The molecule has 2 N–H and O–H groups in total. The third-order valence-corrected chi connectivity index (χ3v) is 5.29. The number of amides is 1. The molecule has 5 nitrogen and oxygen atoms in total. The number of fused-ring (bicyclic) bond motifs is 1. The van der Waals surface area contributed by atoms with Crippen LogP contribution in [0.15, 0.2) is 47.4 Å². The van der Waals surface area contributed by atoms with E-state index in [-0.39, 0.29) is 17.0 Å². The van der Waals surface area contributed by atoms with Crippen LogP contribution in [0.25, 0.3) is 0 Å². The van der Waals surface area contributed by atoms with Gasteiger partial charge in [0.1, 0.15) is 4.90 Å². The van der Waals surface area contributed by atoms with Gasteiger partial charge < -0.3 is 5.73 Å². The number of hydrogen-bond acceptors (Lipinski definition) is 4. The Morgan fingerprint density at radius 3 is 2.43 bits per heavy atom. The molecule has 0 saturated carbocycles. The van der Waals surface area contributed by atoms with Crippen molar-refractivity contribution in [2.24, 2.45) is 0 Å². The van der Waals surface area contributed by atoms with Gasteiger partial charge in [-0.25, -0.2) is 12.7 Å². The largest absolute Gasteiger partial charge is 0.399 e. The first-order valence-electron chi connectivity index (χ1n) is 6.10. The summed E-state index contributed by atoms with van der Waals surface area (Å²) in [7, 11) is -3.86. The molecular formula is C14H11ClN2O3S. The Balaban J connectivity index is 2.02. The number of nitrogens with two attached hydrogens (primary N) is 1. The maximum absolute atomic E-state index is 12.4. The molecule has 0 unspecified atom stereocenters. The van der Waals surface area contributed by atoms with E-state index in [1.54, 1.807) is 24.3 Å². The summed E-state index contributed by atoms with van der Waals surface area (Å²) in [5.74, 6) is -0.542. The second-order valence-corrected chi connectivity index (χ2v) is 6.97. The van der Waals surface area contributed by atoms with Crippen LogP contribution in [0.4, 0.5) is 5.69 Å². The summed E-state index contributed by atoms with van der Waals surface area (Å²) >= 11 is 5.79. The monoisotopic (exact) mass is 322 g/mol. The van der Waals surface area contributed by atoms with E-state index in [4.69, 9.17) is 17.3 Å². The molecule has 0 saturated heterocycles. The van der Waals surface area contributed by atoms with Crippen LogP contribution >= 0.6 is 11.6 Å². The number of anilines is 1. The van der Waals surface area contributed by atoms with E-state index in [9.17, 15) is 13.2 Å². The Kier molecular flexibility index (Phi) is 3.15. The second kappa shape index (κ2) is 4.75. The number of halogens is 1. The van der Waals surface area contributed by atoms with E-state index in [1.807, 2.05) is 0 Å². The molecule has 108 valence electrons. The van der Waals surface area contributed by atoms with Gasteiger partial charge in [0.25, 0.3) is 15.9 Å². The van der Waals surface area contributed by atoms with Crippen LogP contribution < -0.4 is 5.73 Å². The quantitative estimate of drug-likeness (QED) is 0.860. The van der Waals surface area contributed by atoms with Gasteiger partial charge >= 0.3 is 0 Å². The lowest BCUT2D eigenvalue weighted by atomic mass is 10.2. The SMILES string of the molecule is Nc1ccc2c(c1)S(=O)(=O)N(Cc1ccc(Cl)cc1)C2=O. The van der Waals surface area contributed by atoms with Gasteiger partial charge in [-0.1, -0.05) is 23.7 Å². The second-order valence-electron chi connectivity index (χ2n) is 4.70. The molecule has 0 radical (unpaired) electrons. The molecule has 0 bridgehead atoms. The van der Waals surface area contributed by atoms with Crippen LogP contribution in [0.1, 0.15) is 15.9 Å². The molecule has 2 aromatic carbocycles. The van der Waals surface area contributed by atoms with Gasteiger partial charge in [0.05, 0.1) is 12.1 Å². The van der Waals surface area contributed by atoms with E-state index < -0.39 is 15.9 Å². The molecule has 2 aromatic rings. The summed E-state index contributed by atoms with van der Waals surface area (Å²) in [5.41, 5.74) is 6.74. The lowest BCUT2D eigenvalue weighted by Crippen LogP contribution is -2.29. The summed E-state index contributed by atoms with van der Waals surface area (Å²) in [5, 5.41) is 0.547. The number of nitrogens with zero attached hydrogens (tertiary/aromatic N) is 1. The molecular weight excluding hydrogens is 312 g/mol. The molecule has 0 atom stereocenters. The van der Waals surface area contributed by atoms with Gasteiger partial charge in [-0.2, -0.15) is 0 Å². The van der Waals surface area contributed by atoms with Crippen LogP contribution in [0.3, 0.4) is 0 Å². The van der Waals surface area contributed by atoms with Crippen molar-refractivity contribution in [1.82, 2.24) is 4.31 Å². The minimum Gasteiger partial charge on any atom is -0.399 e. The van der Waals surface area contributed by atoms with Crippen LogP contribution in [0.5, 0.6) is 0 Å². The Labute approximate surface area is 127 Å². The minimum absolute atomic E-state index is 0.0348. The zero-order valence-corrected chi connectivity index (χ0v) is 12.4. The fourth-order valence-electron chi connectivity index (χ4n) is 2.20. The molecule has 1 aliphatic heterocycles. The van der Waals surface area contributed by atoms with Crippen LogP contribution in [-0.2, 0) is 16.6 Å². The van der Waals surface area contributed by atoms with Crippen molar-refractivity contribution in [2.75, 3.05) is 5.73 Å². The fourth-order valence-corrected chi connectivity index (χ4v) is 3.92. The lowest BCUT2D eigenvalue weighted by Gasteiger charge is -2.15. The van der Waals surface area contributed by atoms with Crippen molar-refractivity contribution in [3.8, 4) is 0 Å². The Bertz CT molecular complexity index is 832. The predicted molar refractivity (Wildman–Crippen MR) is 79.4 cm³/mol. The van der Waals surface area contributed by atoms with Crippen LogP contribution in [0, 0.1) is 0 Å². The summed E-state index contributed by atoms with van der Waals surface area (Å²) in [4.78, 5) is 12.2. The van der Waals surface area contributed by atoms with Crippen molar-refractivity contribution in [3.05, 3.63) is 58.6 Å². The van der Waals surface area contributed by atoms with Crippen molar-refractivity contribution in [3.63, 3.8) is 0 Å². The number of nitrogen functional groups attached to an aromatic ring is 1. The van der Waals surface area contributed by atoms with E-state index >= 15 is 0 Å². The third kappa shape index (κ3) is 2.26. The summed E-state index contributed by atoms with van der Waals surface area (Å²) in [6.07, 6.45) is 0. The molecule has 21 heavy (non-hydrogen) atoms. The summed E-state index contributed by atoms with van der Waals surface area (Å²) < 4.78 is 25.7. The van der Waals surface area contributed by atoms with Crippen molar-refractivity contribution in [1.29, 1.82) is 0 Å². The zero-order chi connectivity index (χ0) is 15.2. The topological polar surface area (TPSA) is 80.5 Å². The molecule has 1 aliphatic rings. The van der Waals surface area contributed by atoms with E-state index in [0.29, 0.717) is 16.3 Å². The van der Waals surface area contributed by atoms with Gasteiger partial charge in [0.15, 0.2) is 0 Å². The molecule has 1 heterocycles. The molecule has 0 aliphatic carbocycles.